The average molecular weight is 426 g/mol. The van der Waals surface area contributed by atoms with Crippen molar-refractivity contribution in [2.45, 2.75) is 56.8 Å². The van der Waals surface area contributed by atoms with E-state index in [1.807, 2.05) is 0 Å². The van der Waals surface area contributed by atoms with Gasteiger partial charge < -0.3 is 10.6 Å². The van der Waals surface area contributed by atoms with E-state index in [4.69, 9.17) is 0 Å². The molecule has 0 aliphatic carbocycles. The van der Waals surface area contributed by atoms with E-state index in [-0.39, 0.29) is 0 Å². The third-order valence-electron chi connectivity index (χ3n) is 6.52. The maximum atomic E-state index is 3.63. The summed E-state index contributed by atoms with van der Waals surface area (Å²) >= 11 is 1.73. The van der Waals surface area contributed by atoms with Crippen molar-refractivity contribution in [2.75, 3.05) is 25.0 Å². The first-order chi connectivity index (χ1) is 14.7. The second-order valence-corrected chi connectivity index (χ2v) is 9.34. The van der Waals surface area contributed by atoms with E-state index in [1.54, 1.807) is 11.9 Å². The molecule has 4 N–H and O–H groups in total. The molecule has 0 saturated carbocycles. The number of benzene rings is 2. The molecule has 4 unspecified atom stereocenters. The Labute approximate surface area is 185 Å². The van der Waals surface area contributed by atoms with Crippen LogP contribution in [0.2, 0.25) is 0 Å². The zero-order chi connectivity index (χ0) is 20.9. The van der Waals surface area contributed by atoms with E-state index in [0.717, 1.165) is 26.2 Å². The summed E-state index contributed by atoms with van der Waals surface area (Å²) in [4.78, 5) is 1.34. The van der Waals surface area contributed by atoms with Crippen LogP contribution in [0.1, 0.15) is 44.4 Å². The number of anilines is 1. The molecule has 0 spiro atoms. The number of nitrogens with one attached hydrogen (secondary N) is 4. The number of fused-ring (bicyclic) bond motifs is 1. The van der Waals surface area contributed by atoms with Gasteiger partial charge in [-0.25, -0.2) is 5.01 Å². The topological polar surface area (TPSA) is 51.4 Å². The van der Waals surface area contributed by atoms with Gasteiger partial charge in [-0.1, -0.05) is 37.3 Å². The molecular formula is C24H35N5S. The van der Waals surface area contributed by atoms with Gasteiger partial charge in [0.2, 0.25) is 0 Å². The number of nitrogens with zero attached hydrogens (tertiary/aromatic N) is 1. The van der Waals surface area contributed by atoms with Gasteiger partial charge in [0, 0.05) is 42.3 Å². The fraction of sp³-hybridized carbons (Fsp3) is 0.500. The zero-order valence-electron chi connectivity index (χ0n) is 18.3. The predicted octanol–water partition coefficient (Wildman–Crippen LogP) is 4.16. The van der Waals surface area contributed by atoms with Crippen molar-refractivity contribution in [3.63, 3.8) is 0 Å². The quantitative estimate of drug-likeness (QED) is 0.358. The summed E-state index contributed by atoms with van der Waals surface area (Å²) in [5.41, 5.74) is 7.50. The Morgan fingerprint density at radius 2 is 1.87 bits per heavy atom. The van der Waals surface area contributed by atoms with Crippen molar-refractivity contribution >= 4 is 17.6 Å². The van der Waals surface area contributed by atoms with Crippen LogP contribution in [0.15, 0.2) is 53.4 Å². The molecule has 2 aromatic rings. The summed E-state index contributed by atoms with van der Waals surface area (Å²) in [7, 11) is 0. The van der Waals surface area contributed by atoms with Crippen LogP contribution in [-0.4, -0.2) is 36.7 Å². The number of hydrogen-bond acceptors (Lipinski definition) is 6. The Morgan fingerprint density at radius 3 is 2.63 bits per heavy atom. The lowest BCUT2D eigenvalue weighted by molar-refractivity contribution is 0.190. The van der Waals surface area contributed by atoms with Crippen LogP contribution in [0.25, 0.3) is 0 Å². The molecule has 4 rings (SSSR count). The first-order valence-corrected chi connectivity index (χ1v) is 12.0. The Bertz CT molecular complexity index is 811. The van der Waals surface area contributed by atoms with Gasteiger partial charge >= 0.3 is 0 Å². The van der Waals surface area contributed by atoms with E-state index >= 15 is 0 Å². The molecule has 2 aromatic carbocycles. The van der Waals surface area contributed by atoms with Crippen LogP contribution < -0.4 is 20.8 Å². The van der Waals surface area contributed by atoms with Gasteiger partial charge in [-0.3, -0.25) is 10.1 Å². The zero-order valence-corrected chi connectivity index (χ0v) is 19.1. The second kappa shape index (κ2) is 10.2. The van der Waals surface area contributed by atoms with Gasteiger partial charge in [-0.2, -0.15) is 0 Å². The third kappa shape index (κ3) is 5.01. The molecule has 2 aliphatic rings. The largest absolute Gasteiger partial charge is 0.383 e. The molecule has 2 heterocycles. The molecule has 0 aromatic heterocycles. The third-order valence-corrected chi connectivity index (χ3v) is 7.51. The van der Waals surface area contributed by atoms with Crippen LogP contribution in [0.4, 0.5) is 5.69 Å². The fourth-order valence-corrected chi connectivity index (χ4v) is 5.62. The summed E-state index contributed by atoms with van der Waals surface area (Å²) in [6, 6.07) is 19.0. The van der Waals surface area contributed by atoms with Crippen molar-refractivity contribution in [2.24, 2.45) is 5.92 Å². The van der Waals surface area contributed by atoms with Crippen molar-refractivity contribution < 1.29 is 0 Å². The van der Waals surface area contributed by atoms with E-state index in [1.165, 1.54) is 28.1 Å². The number of hydrazine groups is 1. The Hall–Kier alpha value is -1.57. The molecule has 0 bridgehead atoms. The average Bonchev–Trinajstić information content (AvgIpc) is 3.31. The van der Waals surface area contributed by atoms with Crippen LogP contribution in [-0.2, 0) is 6.54 Å². The summed E-state index contributed by atoms with van der Waals surface area (Å²) in [6.45, 7) is 10.8. The van der Waals surface area contributed by atoms with E-state index in [9.17, 15) is 0 Å². The summed E-state index contributed by atoms with van der Waals surface area (Å²) in [6.07, 6.45) is 1.21. The molecule has 162 valence electrons. The maximum Gasteiger partial charge on any atom is 0.0608 e. The lowest BCUT2D eigenvalue weighted by atomic mass is 9.92. The highest BCUT2D eigenvalue weighted by Gasteiger charge is 2.34. The molecule has 1 saturated heterocycles. The van der Waals surface area contributed by atoms with Gasteiger partial charge in [-0.15, -0.1) is 0 Å². The second-order valence-electron chi connectivity index (χ2n) is 8.46. The van der Waals surface area contributed by atoms with Crippen LogP contribution >= 0.6 is 11.9 Å². The van der Waals surface area contributed by atoms with Crippen LogP contribution in [0.5, 0.6) is 0 Å². The molecular weight excluding hydrogens is 390 g/mol. The van der Waals surface area contributed by atoms with E-state index in [0.29, 0.717) is 24.0 Å². The van der Waals surface area contributed by atoms with E-state index < -0.39 is 0 Å². The standard InChI is InChI=1S/C24H35N5S/c1-4-29-18(3)21(17(2)27-29)13-14-25-15-19-9-11-20(12-10-19)26-16-23-22-7-5-6-8-24(22)30-28-23/h5-12,17-18,21,23,25-28H,4,13-16H2,1-3H3. The minimum Gasteiger partial charge on any atom is -0.383 e. The predicted molar refractivity (Wildman–Crippen MR) is 127 cm³/mol. The van der Waals surface area contributed by atoms with Crippen LogP contribution in [0, 0.1) is 5.92 Å². The van der Waals surface area contributed by atoms with E-state index in [2.05, 4.69) is 95.1 Å². The normalized spacial score (nSPS) is 26.1. The molecule has 30 heavy (non-hydrogen) atoms. The summed E-state index contributed by atoms with van der Waals surface area (Å²) in [5.74, 6) is 0.705. The molecule has 5 nitrogen and oxygen atoms in total. The molecule has 1 fully saturated rings. The van der Waals surface area contributed by atoms with Gasteiger partial charge in [0.25, 0.3) is 0 Å². The van der Waals surface area contributed by atoms with Crippen molar-refractivity contribution in [1.29, 1.82) is 0 Å². The minimum atomic E-state index is 0.353. The van der Waals surface area contributed by atoms with Gasteiger partial charge in [0.1, 0.15) is 0 Å². The Morgan fingerprint density at radius 1 is 1.07 bits per heavy atom. The smallest absolute Gasteiger partial charge is 0.0608 e. The number of rotatable bonds is 9. The lowest BCUT2D eigenvalue weighted by Gasteiger charge is -2.22. The maximum absolute atomic E-state index is 3.63. The first kappa shape index (κ1) is 21.7. The van der Waals surface area contributed by atoms with Gasteiger partial charge in [-0.05, 0) is 74.0 Å². The van der Waals surface area contributed by atoms with Crippen molar-refractivity contribution in [1.82, 2.24) is 20.5 Å². The van der Waals surface area contributed by atoms with Gasteiger partial charge in [0.15, 0.2) is 0 Å². The highest BCUT2D eigenvalue weighted by Crippen LogP contribution is 2.34. The monoisotopic (exact) mass is 425 g/mol. The first-order valence-electron chi connectivity index (χ1n) is 11.2. The number of hydrogen-bond donors (Lipinski definition) is 4. The summed E-state index contributed by atoms with van der Waals surface area (Å²) in [5, 5.41) is 9.58. The molecule has 2 aliphatic heterocycles. The summed E-state index contributed by atoms with van der Waals surface area (Å²) < 4.78 is 3.51. The SMILES string of the molecule is CCN1NC(C)C(CCNCc2ccc(NCC3NSc4ccccc43)cc2)C1C. The minimum absolute atomic E-state index is 0.353. The highest BCUT2D eigenvalue weighted by molar-refractivity contribution is 7.97. The lowest BCUT2D eigenvalue weighted by Crippen LogP contribution is -2.37. The molecule has 0 amide bonds. The van der Waals surface area contributed by atoms with Gasteiger partial charge in [0.05, 0.1) is 6.04 Å². The molecule has 4 atom stereocenters. The fourth-order valence-electron chi connectivity index (χ4n) is 4.67. The van der Waals surface area contributed by atoms with Crippen molar-refractivity contribution in [3.05, 3.63) is 59.7 Å². The Balaban J connectivity index is 1.18. The molecule has 6 heteroatoms. The highest BCUT2D eigenvalue weighted by atomic mass is 32.2. The van der Waals surface area contributed by atoms with Crippen molar-refractivity contribution in [3.8, 4) is 0 Å². The van der Waals surface area contributed by atoms with Crippen LogP contribution in [0.3, 0.4) is 0 Å². The molecule has 0 radical (unpaired) electrons. The Kier molecular flexibility index (Phi) is 7.33.